The molecule has 172 valence electrons. The Bertz CT molecular complexity index is 1420. The number of carbonyl (C=O) groups is 2. The van der Waals surface area contributed by atoms with Crippen LogP contribution in [-0.4, -0.2) is 26.9 Å². The molecule has 0 amide bonds. The number of fused-ring (bicyclic) bond motifs is 2. The van der Waals surface area contributed by atoms with E-state index >= 15 is 0 Å². The van der Waals surface area contributed by atoms with E-state index in [0.29, 0.717) is 4.90 Å². The van der Waals surface area contributed by atoms with E-state index in [2.05, 4.69) is 5.87 Å². The van der Waals surface area contributed by atoms with Gasteiger partial charge in [0.05, 0.1) is 16.1 Å². The fourth-order valence-corrected chi connectivity index (χ4v) is 9.41. The predicted octanol–water partition coefficient (Wildman–Crippen LogP) is 5.56. The van der Waals surface area contributed by atoms with E-state index in [1.54, 1.807) is 12.1 Å². The summed E-state index contributed by atoms with van der Waals surface area (Å²) in [4.78, 5) is 28.3. The Hall–Kier alpha value is -3.24. The maximum Gasteiger partial charge on any atom is 0.155 e. The number of rotatable bonds is 5. The van der Waals surface area contributed by atoms with E-state index in [0.717, 1.165) is 22.3 Å². The molecule has 0 N–H and O–H groups in total. The molecule has 0 radical (unpaired) electrons. The van der Waals surface area contributed by atoms with Crippen LogP contribution in [0.5, 0.6) is 0 Å². The summed E-state index contributed by atoms with van der Waals surface area (Å²) in [5, 5.41) is -0.750. The molecule has 5 rings (SSSR count). The second kappa shape index (κ2) is 7.64. The second-order valence-electron chi connectivity index (χ2n) is 9.76. The zero-order valence-electron chi connectivity index (χ0n) is 19.7. The van der Waals surface area contributed by atoms with Crippen LogP contribution in [-0.2, 0) is 19.1 Å². The van der Waals surface area contributed by atoms with E-state index in [9.17, 15) is 13.8 Å². The summed E-state index contributed by atoms with van der Waals surface area (Å²) in [5.41, 5.74) is 1.32. The van der Waals surface area contributed by atoms with Crippen LogP contribution < -0.4 is 0 Å². The maximum atomic E-state index is 14.6. The minimum absolute atomic E-state index is 0.0461. The zero-order chi connectivity index (χ0) is 24.3. The Balaban J connectivity index is 1.90. The average Bonchev–Trinajstić information content (AvgIpc) is 3.14. The number of benzene rings is 3. The smallest absolute Gasteiger partial charge is 0.155 e. The molecule has 5 atom stereocenters. The molecule has 3 nitrogen and oxygen atoms in total. The van der Waals surface area contributed by atoms with Crippen molar-refractivity contribution in [3.63, 3.8) is 0 Å². The van der Waals surface area contributed by atoms with Gasteiger partial charge in [0.2, 0.25) is 0 Å². The Kier molecular flexibility index (Phi) is 5.07. The third-order valence-electron chi connectivity index (χ3n) is 7.84. The molecule has 0 aliphatic heterocycles. The van der Waals surface area contributed by atoms with Crippen molar-refractivity contribution in [3.05, 3.63) is 102 Å². The summed E-state index contributed by atoms with van der Waals surface area (Å²) in [6, 6.07) is 28.7. The topological polar surface area (TPSA) is 51.2 Å². The molecule has 3 aromatic rings. The van der Waals surface area contributed by atoms with Gasteiger partial charge >= 0.3 is 0 Å². The van der Waals surface area contributed by atoms with E-state index < -0.39 is 31.5 Å². The highest BCUT2D eigenvalue weighted by Gasteiger charge is 2.74. The first-order valence-electron chi connectivity index (χ1n) is 11.5. The second-order valence-corrected chi connectivity index (χ2v) is 12.2. The first-order chi connectivity index (χ1) is 16.2. The van der Waals surface area contributed by atoms with Crippen LogP contribution >= 0.6 is 0 Å². The molecule has 5 unspecified atom stereocenters. The fraction of sp³-hybridized carbons (Fsp3) is 0.233. The Morgan fingerprint density at radius 1 is 0.765 bits per heavy atom. The summed E-state index contributed by atoms with van der Waals surface area (Å²) in [7, 11) is -3.02. The first kappa shape index (κ1) is 22.5. The van der Waals surface area contributed by atoms with Crippen molar-refractivity contribution in [2.75, 3.05) is 0 Å². The van der Waals surface area contributed by atoms with Crippen LogP contribution in [0.1, 0.15) is 31.9 Å². The maximum absolute atomic E-state index is 14.6. The molecule has 2 bridgehead atoms. The molecule has 0 heterocycles. The van der Waals surface area contributed by atoms with Crippen molar-refractivity contribution in [2.45, 2.75) is 30.9 Å². The lowest BCUT2D eigenvalue weighted by atomic mass is 9.66. The Morgan fingerprint density at radius 3 is 1.62 bits per heavy atom. The van der Waals surface area contributed by atoms with Crippen LogP contribution in [0.25, 0.3) is 11.1 Å². The number of allylic oxidation sites excluding steroid dienone is 2. The number of hydrogen-bond acceptors (Lipinski definition) is 3. The molecule has 2 aliphatic rings. The molecular weight excluding hydrogens is 440 g/mol. The van der Waals surface area contributed by atoms with Gasteiger partial charge in [-0.2, -0.15) is 0 Å². The van der Waals surface area contributed by atoms with Gasteiger partial charge in [-0.15, -0.1) is 0 Å². The summed E-state index contributed by atoms with van der Waals surface area (Å²) < 4.78 is 14.6. The number of ketones is 2. The lowest BCUT2D eigenvalue weighted by molar-refractivity contribution is -0.130. The van der Waals surface area contributed by atoms with Crippen molar-refractivity contribution < 1.29 is 13.8 Å². The summed E-state index contributed by atoms with van der Waals surface area (Å²) >= 11 is 0. The van der Waals surface area contributed by atoms with Gasteiger partial charge in [0, 0.05) is 20.3 Å². The van der Waals surface area contributed by atoms with Gasteiger partial charge in [-0.25, -0.2) is 0 Å². The molecule has 0 saturated heterocycles. The molecule has 2 aliphatic carbocycles. The summed E-state index contributed by atoms with van der Waals surface area (Å²) in [6.07, 6.45) is 0. The average molecular weight is 469 g/mol. The van der Waals surface area contributed by atoms with Crippen molar-refractivity contribution >= 4 is 38.1 Å². The lowest BCUT2D eigenvalue weighted by Gasteiger charge is -2.42. The van der Waals surface area contributed by atoms with Crippen LogP contribution in [0.2, 0.25) is 0 Å². The minimum Gasteiger partial charge on any atom is -0.300 e. The van der Waals surface area contributed by atoms with E-state index in [1.807, 2.05) is 92.7 Å². The van der Waals surface area contributed by atoms with Crippen molar-refractivity contribution in [1.82, 2.24) is 0 Å². The number of carbonyl (C=O) groups excluding carboxylic acids is 2. The fourth-order valence-electron chi connectivity index (χ4n) is 6.61. The Morgan fingerprint density at radius 2 is 1.18 bits per heavy atom. The van der Waals surface area contributed by atoms with Crippen LogP contribution in [0.3, 0.4) is 0 Å². The third kappa shape index (κ3) is 2.81. The molecule has 34 heavy (non-hydrogen) atoms. The van der Waals surface area contributed by atoms with Crippen LogP contribution in [0.15, 0.2) is 95.9 Å². The highest BCUT2D eigenvalue weighted by Crippen LogP contribution is 2.71. The van der Waals surface area contributed by atoms with E-state index in [1.165, 1.54) is 6.92 Å². The minimum atomic E-state index is -3.02. The van der Waals surface area contributed by atoms with E-state index in [-0.39, 0.29) is 11.6 Å². The number of Topliss-reactive ketones (excluding diaryl/α,β-unsaturated/α-hetero) is 2. The normalized spacial score (nSPS) is 29.8. The van der Waals surface area contributed by atoms with Crippen LogP contribution in [0, 0.1) is 16.7 Å². The predicted molar refractivity (Wildman–Crippen MR) is 139 cm³/mol. The van der Waals surface area contributed by atoms with Gasteiger partial charge < -0.3 is 0 Å². The molecule has 0 aromatic heterocycles. The molecule has 3 aromatic carbocycles. The quantitative estimate of drug-likeness (QED) is 0.461. The van der Waals surface area contributed by atoms with Gasteiger partial charge in [-0.05, 0) is 61.0 Å². The van der Waals surface area contributed by atoms with Gasteiger partial charge in [0.25, 0.3) is 0 Å². The molecule has 1 fully saturated rings. The summed E-state index contributed by atoms with van der Waals surface area (Å²) in [6.45, 7) is 5.28. The monoisotopic (exact) mass is 468 g/mol. The largest absolute Gasteiger partial charge is 0.300 e. The molecular formula is C30H28O3S. The first-order valence-corrected chi connectivity index (χ1v) is 13.3. The Labute approximate surface area is 201 Å². The molecule has 1 saturated carbocycles. The highest BCUT2D eigenvalue weighted by molar-refractivity contribution is 8.01. The summed E-state index contributed by atoms with van der Waals surface area (Å²) in [5.74, 6) is 3.30. The number of hydrogen-bond donors (Lipinski definition) is 0. The van der Waals surface area contributed by atoms with Crippen molar-refractivity contribution in [3.8, 4) is 0 Å². The SMILES string of the molecule is C=S(=O)(c1ccccc1)C1C(C(C)=O)C2(C)C(=O)C1(C)C(c1ccccc1)=C2c1ccccc1. The van der Waals surface area contributed by atoms with Crippen molar-refractivity contribution in [1.29, 1.82) is 0 Å². The third-order valence-corrected chi connectivity index (χ3v) is 10.5. The van der Waals surface area contributed by atoms with E-state index in [4.69, 9.17) is 0 Å². The van der Waals surface area contributed by atoms with Gasteiger partial charge in [0.1, 0.15) is 5.78 Å². The molecule has 0 spiro atoms. The highest BCUT2D eigenvalue weighted by atomic mass is 32.2. The standard InChI is InChI=1S/C30H28O3S/c1-20(31)24-27(34(4,33)23-18-12-7-13-19-23)30(3)26(22-16-10-6-11-17-22)25(29(24,2)28(30)32)21-14-8-5-9-15-21/h5-19,24,27H,4H2,1-3H3. The molecule has 4 heteroatoms. The van der Waals surface area contributed by atoms with Crippen molar-refractivity contribution in [2.24, 2.45) is 16.7 Å². The van der Waals surface area contributed by atoms with Gasteiger partial charge in [0.15, 0.2) is 5.78 Å². The van der Waals surface area contributed by atoms with Crippen LogP contribution in [0.4, 0.5) is 0 Å². The van der Waals surface area contributed by atoms with Gasteiger partial charge in [-0.1, -0.05) is 78.9 Å². The van der Waals surface area contributed by atoms with Gasteiger partial charge in [-0.3, -0.25) is 13.8 Å². The zero-order valence-corrected chi connectivity index (χ0v) is 20.5. The lowest BCUT2D eigenvalue weighted by Crippen LogP contribution is -2.46.